The molecule has 2 unspecified atom stereocenters. The van der Waals surface area contributed by atoms with Gasteiger partial charge in [-0.2, -0.15) is 11.8 Å². The highest BCUT2D eigenvalue weighted by molar-refractivity contribution is 7.98. The summed E-state index contributed by atoms with van der Waals surface area (Å²) in [6, 6.07) is 14.7. The van der Waals surface area contributed by atoms with Crippen LogP contribution in [-0.2, 0) is 14.3 Å². The number of carboxylic acids is 1. The van der Waals surface area contributed by atoms with Crippen molar-refractivity contribution in [3.63, 3.8) is 0 Å². The molecule has 0 aromatic heterocycles. The molecule has 8 heteroatoms. The second kappa shape index (κ2) is 11.2. The van der Waals surface area contributed by atoms with E-state index >= 15 is 0 Å². The van der Waals surface area contributed by atoms with Crippen LogP contribution in [0, 0.1) is 5.92 Å². The summed E-state index contributed by atoms with van der Waals surface area (Å²) in [4.78, 5) is 36.4. The van der Waals surface area contributed by atoms with Crippen molar-refractivity contribution < 1.29 is 24.2 Å². The van der Waals surface area contributed by atoms with Crippen molar-refractivity contribution in [3.05, 3.63) is 59.7 Å². The van der Waals surface area contributed by atoms with Crippen LogP contribution < -0.4 is 10.6 Å². The highest BCUT2D eigenvalue weighted by Gasteiger charge is 2.30. The first-order chi connectivity index (χ1) is 15.8. The number of carboxylic acid groups (broad SMARTS) is 1. The van der Waals surface area contributed by atoms with Crippen LogP contribution in [0.2, 0.25) is 0 Å². The minimum atomic E-state index is -1.07. The summed E-state index contributed by atoms with van der Waals surface area (Å²) in [5.41, 5.74) is 4.54. The van der Waals surface area contributed by atoms with E-state index in [4.69, 9.17) is 4.74 Å². The van der Waals surface area contributed by atoms with Gasteiger partial charge in [-0.1, -0.05) is 55.5 Å². The lowest BCUT2D eigenvalue weighted by atomic mass is 9.98. The lowest BCUT2D eigenvalue weighted by molar-refractivity contribution is -0.142. The Bertz CT molecular complexity index is 966. The molecule has 0 radical (unpaired) electrons. The summed E-state index contributed by atoms with van der Waals surface area (Å²) in [5.74, 6) is -1.54. The molecule has 2 amide bonds. The molecule has 7 nitrogen and oxygen atoms in total. The number of carbonyl (C=O) groups excluding carboxylic acids is 2. The summed E-state index contributed by atoms with van der Waals surface area (Å²) in [6.07, 6.45) is 1.61. The molecule has 0 heterocycles. The third-order valence-electron chi connectivity index (χ3n) is 6.08. The number of hydrogen-bond donors (Lipinski definition) is 3. The van der Waals surface area contributed by atoms with Gasteiger partial charge in [0.05, 0.1) is 5.92 Å². The predicted molar refractivity (Wildman–Crippen MR) is 129 cm³/mol. The molecule has 0 fully saturated rings. The highest BCUT2D eigenvalue weighted by atomic mass is 32.2. The molecule has 1 aliphatic carbocycles. The van der Waals surface area contributed by atoms with Crippen molar-refractivity contribution in [2.45, 2.75) is 38.3 Å². The molecule has 0 aliphatic heterocycles. The van der Waals surface area contributed by atoms with Gasteiger partial charge in [-0.15, -0.1) is 0 Å². The van der Waals surface area contributed by atoms with E-state index in [2.05, 4.69) is 22.8 Å². The van der Waals surface area contributed by atoms with E-state index in [1.54, 1.807) is 13.8 Å². The van der Waals surface area contributed by atoms with Gasteiger partial charge in [0.25, 0.3) is 0 Å². The molecule has 3 rings (SSSR count). The first-order valence-corrected chi connectivity index (χ1v) is 12.4. The number of carbonyl (C=O) groups is 3. The quantitative estimate of drug-likeness (QED) is 0.487. The number of amides is 2. The standard InChI is InChI=1S/C25H30N2O5S/c1-15(23(28)27-22(24(29)30)12-13-33-3)16(2)26-25(31)32-14-21-19-10-6-4-8-17(19)18-9-5-7-11-20(18)21/h4-11,15-16,21-22H,12-14H2,1-3H3,(H,26,31)(H,27,28)(H,29,30)/t15?,16?,22-/m1/s1. The van der Waals surface area contributed by atoms with Crippen molar-refractivity contribution in [1.29, 1.82) is 0 Å². The van der Waals surface area contributed by atoms with Crippen LogP contribution >= 0.6 is 11.8 Å². The first-order valence-electron chi connectivity index (χ1n) is 11.0. The van der Waals surface area contributed by atoms with E-state index in [1.807, 2.05) is 42.7 Å². The maximum absolute atomic E-state index is 12.5. The molecular formula is C25H30N2O5S. The van der Waals surface area contributed by atoms with Gasteiger partial charge in [0, 0.05) is 12.0 Å². The molecule has 0 bridgehead atoms. The minimum absolute atomic E-state index is 0.0491. The largest absolute Gasteiger partial charge is 0.480 e. The van der Waals surface area contributed by atoms with E-state index in [-0.39, 0.29) is 12.5 Å². The summed E-state index contributed by atoms with van der Waals surface area (Å²) in [5, 5.41) is 14.6. The van der Waals surface area contributed by atoms with E-state index in [0.29, 0.717) is 12.2 Å². The molecule has 2 aromatic carbocycles. The fraction of sp³-hybridized carbons (Fsp3) is 0.400. The number of thioether (sulfide) groups is 1. The number of alkyl carbamates (subject to hydrolysis) is 1. The molecule has 33 heavy (non-hydrogen) atoms. The molecule has 0 saturated carbocycles. The number of nitrogens with one attached hydrogen (secondary N) is 2. The Morgan fingerprint density at radius 1 is 1.00 bits per heavy atom. The zero-order valence-electron chi connectivity index (χ0n) is 19.0. The fourth-order valence-electron chi connectivity index (χ4n) is 3.97. The first kappa shape index (κ1) is 24.6. The Morgan fingerprint density at radius 3 is 2.12 bits per heavy atom. The number of aliphatic carboxylic acids is 1. The lowest BCUT2D eigenvalue weighted by Gasteiger charge is -2.23. The summed E-state index contributed by atoms with van der Waals surface area (Å²) < 4.78 is 5.53. The average molecular weight is 471 g/mol. The van der Waals surface area contributed by atoms with Crippen molar-refractivity contribution in [1.82, 2.24) is 10.6 Å². The zero-order chi connectivity index (χ0) is 24.0. The lowest BCUT2D eigenvalue weighted by Crippen LogP contribution is -2.49. The number of fused-ring (bicyclic) bond motifs is 3. The van der Waals surface area contributed by atoms with Gasteiger partial charge in [-0.3, -0.25) is 4.79 Å². The van der Waals surface area contributed by atoms with Crippen LogP contribution in [-0.4, -0.2) is 53.8 Å². The van der Waals surface area contributed by atoms with E-state index in [9.17, 15) is 19.5 Å². The van der Waals surface area contributed by atoms with Gasteiger partial charge in [0.2, 0.25) is 5.91 Å². The highest BCUT2D eigenvalue weighted by Crippen LogP contribution is 2.44. The second-order valence-corrected chi connectivity index (χ2v) is 9.21. The average Bonchev–Trinajstić information content (AvgIpc) is 3.13. The van der Waals surface area contributed by atoms with Crippen LogP contribution in [0.3, 0.4) is 0 Å². The Hall–Kier alpha value is -3.00. The Kier molecular flexibility index (Phi) is 8.38. The molecule has 1 aliphatic rings. The number of ether oxygens (including phenoxy) is 1. The van der Waals surface area contributed by atoms with Crippen molar-refractivity contribution in [2.75, 3.05) is 18.6 Å². The topological polar surface area (TPSA) is 105 Å². The third-order valence-corrected chi connectivity index (χ3v) is 6.72. The SMILES string of the molecule is CSCC[C@@H](NC(=O)C(C)C(C)NC(=O)OCC1c2ccccc2-c2ccccc21)C(=O)O. The molecule has 176 valence electrons. The van der Waals surface area contributed by atoms with E-state index in [0.717, 1.165) is 22.3 Å². The van der Waals surface area contributed by atoms with Crippen LogP contribution in [0.25, 0.3) is 11.1 Å². The number of benzene rings is 2. The molecule has 3 N–H and O–H groups in total. The van der Waals surface area contributed by atoms with Crippen LogP contribution in [0.4, 0.5) is 4.79 Å². The molecule has 3 atom stereocenters. The van der Waals surface area contributed by atoms with E-state index in [1.165, 1.54) is 11.8 Å². The Balaban J connectivity index is 1.55. The summed E-state index contributed by atoms with van der Waals surface area (Å²) in [7, 11) is 0. The van der Waals surface area contributed by atoms with Crippen LogP contribution in [0.5, 0.6) is 0 Å². The second-order valence-electron chi connectivity index (χ2n) is 8.23. The number of rotatable bonds is 10. The van der Waals surface area contributed by atoms with Gasteiger partial charge in [0.15, 0.2) is 0 Å². The maximum atomic E-state index is 12.5. The van der Waals surface area contributed by atoms with Gasteiger partial charge < -0.3 is 20.5 Å². The van der Waals surface area contributed by atoms with Gasteiger partial charge >= 0.3 is 12.1 Å². The molecule has 2 aromatic rings. The third kappa shape index (κ3) is 5.87. The van der Waals surface area contributed by atoms with Gasteiger partial charge in [0.1, 0.15) is 12.6 Å². The number of hydrogen-bond acceptors (Lipinski definition) is 5. The summed E-state index contributed by atoms with van der Waals surface area (Å²) >= 11 is 1.52. The van der Waals surface area contributed by atoms with Crippen molar-refractivity contribution >= 4 is 29.7 Å². The molecule has 0 saturated heterocycles. The van der Waals surface area contributed by atoms with Crippen LogP contribution in [0.1, 0.15) is 37.3 Å². The molecular weight excluding hydrogens is 440 g/mol. The van der Waals surface area contributed by atoms with E-state index < -0.39 is 36.0 Å². The van der Waals surface area contributed by atoms with Crippen molar-refractivity contribution in [3.8, 4) is 11.1 Å². The maximum Gasteiger partial charge on any atom is 0.407 e. The van der Waals surface area contributed by atoms with Crippen LogP contribution in [0.15, 0.2) is 48.5 Å². The Morgan fingerprint density at radius 2 is 1.58 bits per heavy atom. The minimum Gasteiger partial charge on any atom is -0.480 e. The zero-order valence-corrected chi connectivity index (χ0v) is 19.9. The molecule has 0 spiro atoms. The monoisotopic (exact) mass is 470 g/mol. The van der Waals surface area contributed by atoms with Crippen molar-refractivity contribution in [2.24, 2.45) is 5.92 Å². The fourth-order valence-corrected chi connectivity index (χ4v) is 4.45. The smallest absolute Gasteiger partial charge is 0.407 e. The summed E-state index contributed by atoms with van der Waals surface area (Å²) in [6.45, 7) is 3.53. The Labute approximate surface area is 198 Å². The van der Waals surface area contributed by atoms with Gasteiger partial charge in [-0.25, -0.2) is 9.59 Å². The normalized spacial score (nSPS) is 15.0. The van der Waals surface area contributed by atoms with Gasteiger partial charge in [-0.05, 0) is 47.6 Å². The predicted octanol–water partition coefficient (Wildman–Crippen LogP) is 3.87.